The Bertz CT molecular complexity index is 1390. The zero-order valence-corrected chi connectivity index (χ0v) is 18.6. The number of hydrogen-bond acceptors (Lipinski definition) is 4. The minimum Gasteiger partial charge on any atom is -0.507 e. The highest BCUT2D eigenvalue weighted by Crippen LogP contribution is 2.35. The van der Waals surface area contributed by atoms with Crippen molar-refractivity contribution in [3.63, 3.8) is 0 Å². The molecule has 1 saturated heterocycles. The highest BCUT2D eigenvalue weighted by molar-refractivity contribution is 8.18. The molecule has 1 N–H and O–H groups in total. The number of amides is 2. The van der Waals surface area contributed by atoms with Gasteiger partial charge in [-0.3, -0.25) is 14.5 Å². The van der Waals surface area contributed by atoms with Gasteiger partial charge in [0.2, 0.25) is 0 Å². The molecule has 0 spiro atoms. The fourth-order valence-electron chi connectivity index (χ4n) is 3.96. The Hall–Kier alpha value is -3.83. The van der Waals surface area contributed by atoms with Crippen molar-refractivity contribution < 1.29 is 14.7 Å². The van der Waals surface area contributed by atoms with Crippen LogP contribution in [-0.4, -0.2) is 21.2 Å². The average molecular weight is 452 g/mol. The Morgan fingerprint density at radius 2 is 1.48 bits per heavy atom. The van der Waals surface area contributed by atoms with E-state index in [-0.39, 0.29) is 23.4 Å². The van der Waals surface area contributed by atoms with Crippen LogP contribution >= 0.6 is 11.8 Å². The molecule has 0 bridgehead atoms. The van der Waals surface area contributed by atoms with Crippen molar-refractivity contribution in [1.82, 2.24) is 4.90 Å². The van der Waals surface area contributed by atoms with E-state index in [1.807, 2.05) is 84.9 Å². The first-order valence-corrected chi connectivity index (χ1v) is 11.5. The summed E-state index contributed by atoms with van der Waals surface area (Å²) in [7, 11) is 0. The SMILES string of the molecule is O=C1S/C(=C\c2cc(Cc3ccccc3)ccc2O)C(=O)N1Cc1ccc2ccccc2c1. The lowest BCUT2D eigenvalue weighted by Crippen LogP contribution is -2.27. The summed E-state index contributed by atoms with van der Waals surface area (Å²) in [5, 5.41) is 12.2. The van der Waals surface area contributed by atoms with E-state index < -0.39 is 0 Å². The third-order valence-corrected chi connectivity index (χ3v) is 6.57. The number of imide groups is 1. The van der Waals surface area contributed by atoms with Gasteiger partial charge in [-0.05, 0) is 69.9 Å². The van der Waals surface area contributed by atoms with Crippen LogP contribution in [0.5, 0.6) is 5.75 Å². The predicted octanol–water partition coefficient (Wildman–Crippen LogP) is 6.37. The van der Waals surface area contributed by atoms with Crippen LogP contribution in [0.25, 0.3) is 16.8 Å². The fraction of sp³-hybridized carbons (Fsp3) is 0.0714. The van der Waals surface area contributed by atoms with E-state index in [9.17, 15) is 14.7 Å². The van der Waals surface area contributed by atoms with Crippen molar-refractivity contribution in [3.8, 4) is 5.75 Å². The van der Waals surface area contributed by atoms with Crippen molar-refractivity contribution in [1.29, 1.82) is 0 Å². The van der Waals surface area contributed by atoms with E-state index >= 15 is 0 Å². The molecule has 0 radical (unpaired) electrons. The Labute approximate surface area is 196 Å². The van der Waals surface area contributed by atoms with Gasteiger partial charge in [0, 0.05) is 5.56 Å². The van der Waals surface area contributed by atoms with E-state index in [2.05, 4.69) is 0 Å². The van der Waals surface area contributed by atoms with Crippen LogP contribution in [0.4, 0.5) is 4.79 Å². The number of carbonyl (C=O) groups excluding carboxylic acids is 2. The molecule has 0 atom stereocenters. The van der Waals surface area contributed by atoms with Crippen LogP contribution in [0.3, 0.4) is 0 Å². The molecule has 4 aromatic carbocycles. The molecular weight excluding hydrogens is 430 g/mol. The van der Waals surface area contributed by atoms with Gasteiger partial charge in [0.15, 0.2) is 0 Å². The largest absolute Gasteiger partial charge is 0.507 e. The minimum atomic E-state index is -0.342. The number of benzene rings is 4. The monoisotopic (exact) mass is 451 g/mol. The first-order valence-electron chi connectivity index (χ1n) is 10.7. The summed E-state index contributed by atoms with van der Waals surface area (Å²) in [5.41, 5.74) is 3.59. The maximum absolute atomic E-state index is 13.0. The Kier molecular flexibility index (Phi) is 5.71. The quantitative estimate of drug-likeness (QED) is 0.358. The van der Waals surface area contributed by atoms with Crippen LogP contribution in [0, 0.1) is 0 Å². The summed E-state index contributed by atoms with van der Waals surface area (Å²) in [6.45, 7) is 0.215. The lowest BCUT2D eigenvalue weighted by atomic mass is 10.0. The molecule has 0 aliphatic carbocycles. The maximum Gasteiger partial charge on any atom is 0.293 e. The van der Waals surface area contributed by atoms with Gasteiger partial charge in [-0.1, -0.05) is 72.8 Å². The average Bonchev–Trinajstić information content (AvgIpc) is 3.09. The van der Waals surface area contributed by atoms with Crippen LogP contribution in [0.15, 0.2) is 95.9 Å². The Balaban J connectivity index is 1.37. The summed E-state index contributed by atoms with van der Waals surface area (Å²) in [4.78, 5) is 27.2. The molecule has 1 aliphatic heterocycles. The van der Waals surface area contributed by atoms with Crippen LogP contribution < -0.4 is 0 Å². The van der Waals surface area contributed by atoms with Gasteiger partial charge in [-0.25, -0.2) is 0 Å². The van der Waals surface area contributed by atoms with Gasteiger partial charge in [-0.2, -0.15) is 0 Å². The molecular formula is C28H21NO3S. The van der Waals surface area contributed by atoms with Crippen molar-refractivity contribution in [2.45, 2.75) is 13.0 Å². The molecule has 0 unspecified atom stereocenters. The van der Waals surface area contributed by atoms with Crippen LogP contribution in [0.1, 0.15) is 22.3 Å². The van der Waals surface area contributed by atoms with Gasteiger partial charge >= 0.3 is 0 Å². The number of thioether (sulfide) groups is 1. The number of nitrogens with zero attached hydrogens (tertiary/aromatic N) is 1. The number of phenols is 1. The summed E-state index contributed by atoms with van der Waals surface area (Å²) < 4.78 is 0. The highest BCUT2D eigenvalue weighted by Gasteiger charge is 2.35. The molecule has 4 aromatic rings. The summed E-state index contributed by atoms with van der Waals surface area (Å²) in [6.07, 6.45) is 2.32. The third kappa shape index (κ3) is 4.54. The van der Waals surface area contributed by atoms with E-state index in [1.54, 1.807) is 12.1 Å². The number of phenolic OH excluding ortho intramolecular Hbond substituents is 1. The van der Waals surface area contributed by atoms with E-state index in [0.29, 0.717) is 16.9 Å². The smallest absolute Gasteiger partial charge is 0.293 e. The molecule has 162 valence electrons. The third-order valence-electron chi connectivity index (χ3n) is 5.66. The number of rotatable bonds is 5. The summed E-state index contributed by atoms with van der Waals surface area (Å²) in [5.74, 6) is -0.265. The predicted molar refractivity (Wildman–Crippen MR) is 133 cm³/mol. The van der Waals surface area contributed by atoms with Crippen molar-refractivity contribution in [2.75, 3.05) is 0 Å². The van der Waals surface area contributed by atoms with Crippen molar-refractivity contribution in [2.24, 2.45) is 0 Å². The van der Waals surface area contributed by atoms with Crippen LogP contribution in [0.2, 0.25) is 0 Å². The first kappa shape index (κ1) is 21.0. The lowest BCUT2D eigenvalue weighted by Gasteiger charge is -2.13. The molecule has 1 fully saturated rings. The number of carbonyl (C=O) groups is 2. The lowest BCUT2D eigenvalue weighted by molar-refractivity contribution is -0.123. The molecule has 5 heteroatoms. The Morgan fingerprint density at radius 3 is 2.30 bits per heavy atom. The first-order chi connectivity index (χ1) is 16.1. The standard InChI is InChI=1S/C28H21NO3S/c30-25-13-11-20(14-19-6-2-1-3-7-19)15-24(25)17-26-27(31)29(28(32)33-26)18-21-10-12-22-8-4-5-9-23(22)16-21/h1-13,15-17,30H,14,18H2/b26-17-. The number of fused-ring (bicyclic) bond motifs is 1. The zero-order chi connectivity index (χ0) is 22.8. The molecule has 33 heavy (non-hydrogen) atoms. The topological polar surface area (TPSA) is 57.6 Å². The second kappa shape index (κ2) is 8.96. The van der Waals surface area contributed by atoms with Crippen LogP contribution in [-0.2, 0) is 17.8 Å². The van der Waals surface area contributed by atoms with E-state index in [0.717, 1.165) is 39.2 Å². The molecule has 5 rings (SSSR count). The fourth-order valence-corrected chi connectivity index (χ4v) is 4.79. The molecule has 0 saturated carbocycles. The number of hydrogen-bond donors (Lipinski definition) is 1. The highest BCUT2D eigenvalue weighted by atomic mass is 32.2. The second-order valence-electron chi connectivity index (χ2n) is 8.00. The molecule has 2 amide bonds. The molecule has 1 aliphatic rings. The summed E-state index contributed by atoms with van der Waals surface area (Å²) >= 11 is 0.905. The normalized spacial score (nSPS) is 15.0. The number of aromatic hydroxyl groups is 1. The van der Waals surface area contributed by atoms with Crippen molar-refractivity contribution in [3.05, 3.63) is 118 Å². The maximum atomic E-state index is 13.0. The van der Waals surface area contributed by atoms with Gasteiger partial charge < -0.3 is 5.11 Å². The molecule has 1 heterocycles. The second-order valence-corrected chi connectivity index (χ2v) is 9.00. The Morgan fingerprint density at radius 1 is 0.758 bits per heavy atom. The zero-order valence-electron chi connectivity index (χ0n) is 17.8. The molecule has 4 nitrogen and oxygen atoms in total. The van der Waals surface area contributed by atoms with Gasteiger partial charge in [0.25, 0.3) is 11.1 Å². The molecule has 0 aromatic heterocycles. The van der Waals surface area contributed by atoms with E-state index in [4.69, 9.17) is 0 Å². The van der Waals surface area contributed by atoms with Crippen molar-refractivity contribution >= 4 is 39.8 Å². The van der Waals surface area contributed by atoms with Gasteiger partial charge in [0.1, 0.15) is 5.75 Å². The minimum absolute atomic E-state index is 0.0770. The van der Waals surface area contributed by atoms with E-state index in [1.165, 1.54) is 4.90 Å². The van der Waals surface area contributed by atoms with Gasteiger partial charge in [-0.15, -0.1) is 0 Å². The summed E-state index contributed by atoms with van der Waals surface area (Å²) in [6, 6.07) is 29.3. The van der Waals surface area contributed by atoms with Gasteiger partial charge in [0.05, 0.1) is 11.4 Å².